The van der Waals surface area contributed by atoms with Crippen LogP contribution in [-0.4, -0.2) is 39.4 Å². The molecule has 1 saturated carbocycles. The first-order valence-corrected chi connectivity index (χ1v) is 14.6. The fourth-order valence-electron chi connectivity index (χ4n) is 7.74. The Morgan fingerprint density at radius 2 is 1.79 bits per heavy atom. The summed E-state index contributed by atoms with van der Waals surface area (Å²) in [6.07, 6.45) is 11.0. The standard InChI is InChI=1S/C31H28BrNO6/c32-23-13-24(35)28-22(29(23)36)12-21-19(26(28)16-10-15-11-18(34)6-9-25(15)39-14-16)7-8-20-27(21)31(38)33(30(20)37)17-4-2-1-3-5-17/h6-7,9,11,13-14,17,20-21,26-27,34H,1-5,8,10,12H2. The predicted octanol–water partition coefficient (Wildman–Crippen LogP) is 4.84. The number of aromatic hydroxyl groups is 1. The number of benzene rings is 1. The molecule has 1 aromatic rings. The second kappa shape index (κ2) is 9.15. The van der Waals surface area contributed by atoms with Crippen molar-refractivity contribution in [3.8, 4) is 11.5 Å². The van der Waals surface area contributed by atoms with Crippen LogP contribution in [0.15, 0.2) is 63.4 Å². The average molecular weight is 590 g/mol. The Morgan fingerprint density at radius 3 is 2.59 bits per heavy atom. The molecule has 1 aromatic carbocycles. The first-order valence-electron chi connectivity index (χ1n) is 13.8. The van der Waals surface area contributed by atoms with Crippen molar-refractivity contribution in [3.05, 3.63) is 69.0 Å². The number of phenols is 1. The Kier molecular flexibility index (Phi) is 5.81. The minimum atomic E-state index is -0.537. The number of phenolic OH excluding ortho intramolecular Hbond substituents is 1. The van der Waals surface area contributed by atoms with Gasteiger partial charge in [-0.2, -0.15) is 0 Å². The van der Waals surface area contributed by atoms with Gasteiger partial charge in [-0.05, 0) is 71.3 Å². The van der Waals surface area contributed by atoms with E-state index < -0.39 is 17.8 Å². The number of amides is 2. The lowest BCUT2D eigenvalue weighted by Gasteiger charge is -2.43. The van der Waals surface area contributed by atoms with Gasteiger partial charge in [0.15, 0.2) is 11.6 Å². The maximum Gasteiger partial charge on any atom is 0.233 e. The van der Waals surface area contributed by atoms with E-state index in [-0.39, 0.29) is 52.0 Å². The SMILES string of the molecule is O=C1C=C(Br)C(=O)C2=C1C(C1=COc3ccc(O)cc3C1)C1=CCC3C(=O)N(C4CCCCC4)C(=O)C3C1C2. The van der Waals surface area contributed by atoms with E-state index in [1.54, 1.807) is 29.4 Å². The van der Waals surface area contributed by atoms with Gasteiger partial charge in [0.25, 0.3) is 0 Å². The Morgan fingerprint density at radius 1 is 1.00 bits per heavy atom. The molecule has 4 aliphatic carbocycles. The van der Waals surface area contributed by atoms with Crippen molar-refractivity contribution in [1.82, 2.24) is 4.90 Å². The number of ketones is 2. The largest absolute Gasteiger partial charge is 0.508 e. The van der Waals surface area contributed by atoms with Gasteiger partial charge in [-0.25, -0.2) is 0 Å². The molecule has 39 heavy (non-hydrogen) atoms. The van der Waals surface area contributed by atoms with Crippen LogP contribution >= 0.6 is 15.9 Å². The lowest BCUT2D eigenvalue weighted by molar-refractivity contribution is -0.143. The van der Waals surface area contributed by atoms with Crippen LogP contribution in [0.25, 0.3) is 0 Å². The second-order valence-corrected chi connectivity index (χ2v) is 12.4. The molecule has 6 aliphatic rings. The number of hydrogen-bond donors (Lipinski definition) is 1. The number of allylic oxidation sites excluding steroid dienone is 7. The number of rotatable bonds is 2. The first-order chi connectivity index (χ1) is 18.8. The number of likely N-dealkylation sites (tertiary alicyclic amines) is 1. The Labute approximate surface area is 234 Å². The first kappa shape index (κ1) is 24.8. The molecule has 7 rings (SSSR count). The molecule has 200 valence electrons. The fourth-order valence-corrected chi connectivity index (χ4v) is 8.19. The van der Waals surface area contributed by atoms with Crippen molar-refractivity contribution in [2.45, 2.75) is 57.4 Å². The Hall–Kier alpha value is -3.26. The monoisotopic (exact) mass is 589 g/mol. The molecule has 2 fully saturated rings. The lowest BCUT2D eigenvalue weighted by Crippen LogP contribution is -2.43. The highest BCUT2D eigenvalue weighted by Crippen LogP contribution is 2.55. The number of imide groups is 1. The zero-order chi connectivity index (χ0) is 27.0. The topological polar surface area (TPSA) is 101 Å². The Bertz CT molecular complexity index is 1480. The summed E-state index contributed by atoms with van der Waals surface area (Å²) >= 11 is 3.27. The highest BCUT2D eigenvalue weighted by molar-refractivity contribution is 9.12. The zero-order valence-corrected chi connectivity index (χ0v) is 22.9. The van der Waals surface area contributed by atoms with Crippen molar-refractivity contribution in [2.24, 2.45) is 23.7 Å². The molecule has 0 bridgehead atoms. The van der Waals surface area contributed by atoms with Gasteiger partial charge in [0.05, 0.1) is 22.6 Å². The smallest absolute Gasteiger partial charge is 0.233 e. The molecule has 0 spiro atoms. The summed E-state index contributed by atoms with van der Waals surface area (Å²) in [5.74, 6) is -1.78. The quantitative estimate of drug-likeness (QED) is 0.301. The highest BCUT2D eigenvalue weighted by Gasteiger charge is 2.57. The van der Waals surface area contributed by atoms with Crippen LogP contribution in [-0.2, 0) is 25.6 Å². The van der Waals surface area contributed by atoms with E-state index in [0.29, 0.717) is 29.7 Å². The third kappa shape index (κ3) is 3.74. The summed E-state index contributed by atoms with van der Waals surface area (Å²) in [5.41, 5.74) is 3.36. The number of fused-ring (bicyclic) bond motifs is 4. The number of nitrogens with zero attached hydrogens (tertiary/aromatic N) is 1. The molecule has 0 radical (unpaired) electrons. The summed E-state index contributed by atoms with van der Waals surface area (Å²) in [6.45, 7) is 0. The second-order valence-electron chi connectivity index (χ2n) is 11.5. The maximum atomic E-state index is 14.0. The van der Waals surface area contributed by atoms with Crippen molar-refractivity contribution in [2.75, 3.05) is 0 Å². The van der Waals surface area contributed by atoms with E-state index in [9.17, 15) is 24.3 Å². The lowest BCUT2D eigenvalue weighted by atomic mass is 9.59. The van der Waals surface area contributed by atoms with E-state index in [0.717, 1.165) is 48.8 Å². The molecule has 1 saturated heterocycles. The van der Waals surface area contributed by atoms with E-state index in [2.05, 4.69) is 15.9 Å². The molecule has 7 nitrogen and oxygen atoms in total. The van der Waals surface area contributed by atoms with E-state index in [4.69, 9.17) is 4.74 Å². The summed E-state index contributed by atoms with van der Waals surface area (Å²) in [7, 11) is 0. The third-order valence-corrected chi connectivity index (χ3v) is 10.0. The Balaban J connectivity index is 1.31. The summed E-state index contributed by atoms with van der Waals surface area (Å²) in [4.78, 5) is 56.0. The van der Waals surface area contributed by atoms with Crippen LogP contribution in [0.1, 0.15) is 50.5 Å². The molecule has 2 heterocycles. The molecule has 2 amide bonds. The van der Waals surface area contributed by atoms with Crippen LogP contribution in [0.3, 0.4) is 0 Å². The molecular formula is C31H28BrNO6. The van der Waals surface area contributed by atoms with Gasteiger partial charge in [0, 0.05) is 41.2 Å². The minimum Gasteiger partial charge on any atom is -0.508 e. The number of carbonyl (C=O) groups is 4. The van der Waals surface area contributed by atoms with Gasteiger partial charge in [-0.15, -0.1) is 0 Å². The number of halogens is 1. The van der Waals surface area contributed by atoms with E-state index in [1.807, 2.05) is 6.08 Å². The maximum absolute atomic E-state index is 14.0. The molecule has 1 N–H and O–H groups in total. The normalized spacial score (nSPS) is 30.6. The van der Waals surface area contributed by atoms with Crippen LogP contribution in [0.2, 0.25) is 0 Å². The number of hydrogen-bond acceptors (Lipinski definition) is 6. The van der Waals surface area contributed by atoms with Gasteiger partial charge in [0.1, 0.15) is 11.5 Å². The van der Waals surface area contributed by atoms with Crippen LogP contribution in [0.4, 0.5) is 0 Å². The van der Waals surface area contributed by atoms with Crippen LogP contribution < -0.4 is 4.74 Å². The summed E-state index contributed by atoms with van der Waals surface area (Å²) in [6, 6.07) is 4.87. The third-order valence-electron chi connectivity index (χ3n) is 9.45. The number of carbonyl (C=O) groups excluding carboxylic acids is 4. The van der Waals surface area contributed by atoms with Gasteiger partial charge in [0.2, 0.25) is 11.8 Å². The number of Topliss-reactive ketones (excluding diaryl/α,β-unsaturated/α-hetero) is 1. The van der Waals surface area contributed by atoms with E-state index in [1.165, 1.54) is 6.08 Å². The molecule has 4 atom stereocenters. The molecule has 2 aliphatic heterocycles. The van der Waals surface area contributed by atoms with Gasteiger partial charge in [-0.3, -0.25) is 24.1 Å². The predicted molar refractivity (Wildman–Crippen MR) is 145 cm³/mol. The van der Waals surface area contributed by atoms with Crippen molar-refractivity contribution >= 4 is 39.3 Å². The fraction of sp³-hybridized carbons (Fsp3) is 0.419. The van der Waals surface area contributed by atoms with E-state index >= 15 is 0 Å². The summed E-state index contributed by atoms with van der Waals surface area (Å²) < 4.78 is 6.15. The van der Waals surface area contributed by atoms with Gasteiger partial charge in [-0.1, -0.05) is 30.9 Å². The van der Waals surface area contributed by atoms with Gasteiger partial charge < -0.3 is 9.84 Å². The molecule has 4 unspecified atom stereocenters. The average Bonchev–Trinajstić information content (AvgIpc) is 3.20. The number of ether oxygens (including phenoxy) is 1. The van der Waals surface area contributed by atoms with Crippen LogP contribution in [0, 0.1) is 23.7 Å². The van der Waals surface area contributed by atoms with Crippen molar-refractivity contribution in [1.29, 1.82) is 0 Å². The van der Waals surface area contributed by atoms with Crippen LogP contribution in [0.5, 0.6) is 11.5 Å². The summed E-state index contributed by atoms with van der Waals surface area (Å²) in [5, 5.41) is 10.1. The highest BCUT2D eigenvalue weighted by atomic mass is 79.9. The molecule has 8 heteroatoms. The van der Waals surface area contributed by atoms with Crippen molar-refractivity contribution < 1.29 is 29.0 Å². The van der Waals surface area contributed by atoms with Gasteiger partial charge >= 0.3 is 0 Å². The minimum absolute atomic E-state index is 0.0458. The zero-order valence-electron chi connectivity index (χ0n) is 21.3. The van der Waals surface area contributed by atoms with Crippen molar-refractivity contribution in [3.63, 3.8) is 0 Å². The molecule has 0 aromatic heterocycles. The molecular weight excluding hydrogens is 562 g/mol.